The minimum Gasteiger partial charge on any atom is -0.383 e. The second kappa shape index (κ2) is 14.2. The van der Waals surface area contributed by atoms with Crippen molar-refractivity contribution in [2.45, 2.75) is 32.9 Å². The van der Waals surface area contributed by atoms with Gasteiger partial charge in [-0.15, -0.1) is 0 Å². The predicted molar refractivity (Wildman–Crippen MR) is 159 cm³/mol. The fourth-order valence-corrected chi connectivity index (χ4v) is 4.59. The fourth-order valence-electron chi connectivity index (χ4n) is 4.59. The number of carbonyl (C=O) groups is 2. The first-order valence-corrected chi connectivity index (χ1v) is 13.6. The van der Waals surface area contributed by atoms with Crippen LogP contribution in [0.2, 0.25) is 0 Å². The molecule has 0 N–H and O–H groups in total. The van der Waals surface area contributed by atoms with Crippen molar-refractivity contribution >= 4 is 17.9 Å². The van der Waals surface area contributed by atoms with Crippen LogP contribution in [0.15, 0.2) is 89.6 Å². The lowest BCUT2D eigenvalue weighted by Crippen LogP contribution is -2.51. The van der Waals surface area contributed by atoms with Crippen LogP contribution in [0.25, 0.3) is 17.3 Å². The lowest BCUT2D eigenvalue weighted by atomic mass is 10.0. The summed E-state index contributed by atoms with van der Waals surface area (Å²) in [6.45, 7) is 4.69. The molecule has 0 fully saturated rings. The number of hydrogen-bond donors (Lipinski definition) is 0. The zero-order valence-electron chi connectivity index (χ0n) is 24.0. The minimum absolute atomic E-state index is 0.157. The van der Waals surface area contributed by atoms with Gasteiger partial charge in [0, 0.05) is 57.1 Å². The van der Waals surface area contributed by atoms with Gasteiger partial charge in [0.25, 0.3) is 0 Å². The second-order valence-corrected chi connectivity index (χ2v) is 9.91. The molecule has 0 aliphatic rings. The molecule has 0 saturated carbocycles. The number of aryl methyl sites for hydroxylation is 2. The summed E-state index contributed by atoms with van der Waals surface area (Å²) in [7, 11) is 3.34. The minimum atomic E-state index is -0.739. The van der Waals surface area contributed by atoms with E-state index in [2.05, 4.69) is 10.1 Å². The third-order valence-electron chi connectivity index (χ3n) is 6.97. The van der Waals surface area contributed by atoms with Crippen molar-refractivity contribution in [3.8, 4) is 11.3 Å². The molecule has 4 rings (SSSR count). The molecule has 0 aliphatic heterocycles. The van der Waals surface area contributed by atoms with Gasteiger partial charge in [0.15, 0.2) is 0 Å². The van der Waals surface area contributed by atoms with Gasteiger partial charge in [-0.25, -0.2) is 0 Å². The first kappa shape index (κ1) is 29.4. The molecule has 0 radical (unpaired) electrons. The monoisotopic (exact) mass is 552 g/mol. The average Bonchev–Trinajstić information content (AvgIpc) is 3.33. The zero-order chi connectivity index (χ0) is 29.2. The summed E-state index contributed by atoms with van der Waals surface area (Å²) < 4.78 is 10.5. The SMILES string of the molecule is COCCN(C)C(=O)[C@H](Cc1ccccc1)N(Cc1ccc(-c2ccccn2)cc1)C(=O)/C=C/c1c(C)noc1C. The summed E-state index contributed by atoms with van der Waals surface area (Å²) in [5, 5.41) is 3.98. The van der Waals surface area contributed by atoms with Gasteiger partial charge >= 0.3 is 0 Å². The van der Waals surface area contributed by atoms with E-state index >= 15 is 0 Å². The van der Waals surface area contributed by atoms with E-state index in [1.165, 1.54) is 6.08 Å². The maximum Gasteiger partial charge on any atom is 0.247 e. The van der Waals surface area contributed by atoms with Gasteiger partial charge < -0.3 is 19.1 Å². The van der Waals surface area contributed by atoms with Crippen LogP contribution in [0.4, 0.5) is 0 Å². The van der Waals surface area contributed by atoms with Crippen LogP contribution in [0.5, 0.6) is 0 Å². The van der Waals surface area contributed by atoms with Crippen molar-refractivity contribution in [1.29, 1.82) is 0 Å². The van der Waals surface area contributed by atoms with Gasteiger partial charge in [-0.05, 0) is 43.2 Å². The highest BCUT2D eigenvalue weighted by Crippen LogP contribution is 2.21. The Bertz CT molecular complexity index is 1430. The summed E-state index contributed by atoms with van der Waals surface area (Å²) in [5.74, 6) is 0.183. The second-order valence-electron chi connectivity index (χ2n) is 9.91. The molecule has 2 amide bonds. The normalized spacial score (nSPS) is 11.9. The molecular formula is C33H36N4O4. The van der Waals surface area contributed by atoms with E-state index in [0.717, 1.165) is 27.9 Å². The maximum atomic E-state index is 13.9. The number of ether oxygens (including phenoxy) is 1. The Balaban J connectivity index is 1.69. The van der Waals surface area contributed by atoms with E-state index in [1.807, 2.05) is 79.7 Å². The van der Waals surface area contributed by atoms with Gasteiger partial charge in [0.1, 0.15) is 11.8 Å². The van der Waals surface area contributed by atoms with E-state index in [1.54, 1.807) is 43.2 Å². The van der Waals surface area contributed by atoms with E-state index in [4.69, 9.17) is 9.26 Å². The summed E-state index contributed by atoms with van der Waals surface area (Å²) >= 11 is 0. The molecule has 2 aromatic carbocycles. The van der Waals surface area contributed by atoms with Gasteiger partial charge in [-0.3, -0.25) is 14.6 Å². The summed E-state index contributed by atoms with van der Waals surface area (Å²) in [4.78, 5) is 35.5. The number of pyridine rings is 1. The molecule has 8 nitrogen and oxygen atoms in total. The molecule has 0 saturated heterocycles. The first-order chi connectivity index (χ1) is 19.9. The molecule has 0 bridgehead atoms. The molecule has 0 unspecified atom stereocenters. The third kappa shape index (κ3) is 7.77. The van der Waals surface area contributed by atoms with Crippen molar-refractivity contribution < 1.29 is 18.8 Å². The Labute approximate surface area is 241 Å². The fraction of sp³-hybridized carbons (Fsp3) is 0.273. The Kier molecular flexibility index (Phi) is 10.2. The van der Waals surface area contributed by atoms with E-state index in [0.29, 0.717) is 31.0 Å². The Morgan fingerprint density at radius 1 is 0.976 bits per heavy atom. The maximum absolute atomic E-state index is 13.9. The lowest BCUT2D eigenvalue weighted by Gasteiger charge is -2.33. The molecular weight excluding hydrogens is 516 g/mol. The van der Waals surface area contributed by atoms with E-state index in [9.17, 15) is 9.59 Å². The largest absolute Gasteiger partial charge is 0.383 e. The number of aromatic nitrogens is 2. The average molecular weight is 553 g/mol. The number of nitrogens with zero attached hydrogens (tertiary/aromatic N) is 4. The van der Waals surface area contributed by atoms with Crippen LogP contribution in [-0.2, 0) is 27.3 Å². The Morgan fingerprint density at radius 2 is 1.71 bits per heavy atom. The van der Waals surface area contributed by atoms with Gasteiger partial charge in [0.2, 0.25) is 11.8 Å². The molecule has 41 heavy (non-hydrogen) atoms. The Hall–Kier alpha value is -4.56. The number of amides is 2. The highest BCUT2D eigenvalue weighted by atomic mass is 16.5. The quantitative estimate of drug-likeness (QED) is 0.227. The van der Waals surface area contributed by atoms with Crippen LogP contribution in [0.1, 0.15) is 28.1 Å². The van der Waals surface area contributed by atoms with Crippen LogP contribution in [0.3, 0.4) is 0 Å². The van der Waals surface area contributed by atoms with Crippen molar-refractivity contribution in [2.75, 3.05) is 27.3 Å². The van der Waals surface area contributed by atoms with Crippen molar-refractivity contribution in [3.05, 3.63) is 113 Å². The number of rotatable bonds is 12. The molecule has 4 aromatic rings. The van der Waals surface area contributed by atoms with Crippen LogP contribution >= 0.6 is 0 Å². The van der Waals surface area contributed by atoms with Crippen LogP contribution < -0.4 is 0 Å². The van der Waals surface area contributed by atoms with Crippen LogP contribution in [-0.4, -0.2) is 65.1 Å². The predicted octanol–water partition coefficient (Wildman–Crippen LogP) is 5.11. The number of benzene rings is 2. The lowest BCUT2D eigenvalue weighted by molar-refractivity contribution is -0.143. The first-order valence-electron chi connectivity index (χ1n) is 13.6. The number of hydrogen-bond acceptors (Lipinski definition) is 6. The Morgan fingerprint density at radius 3 is 2.34 bits per heavy atom. The van der Waals surface area contributed by atoms with Crippen LogP contribution in [0, 0.1) is 13.8 Å². The smallest absolute Gasteiger partial charge is 0.247 e. The number of methoxy groups -OCH3 is 1. The molecule has 0 aliphatic carbocycles. The molecule has 1 atom stereocenters. The van der Waals surface area contributed by atoms with E-state index < -0.39 is 6.04 Å². The third-order valence-corrected chi connectivity index (χ3v) is 6.97. The highest BCUT2D eigenvalue weighted by Gasteiger charge is 2.31. The van der Waals surface area contributed by atoms with Gasteiger partial charge in [-0.1, -0.05) is 65.8 Å². The molecule has 212 valence electrons. The molecule has 2 aromatic heterocycles. The molecule has 2 heterocycles. The topological polar surface area (TPSA) is 88.8 Å². The summed E-state index contributed by atoms with van der Waals surface area (Å²) in [6, 6.07) is 22.7. The van der Waals surface area contributed by atoms with E-state index in [-0.39, 0.29) is 18.4 Å². The van der Waals surface area contributed by atoms with Crippen molar-refractivity contribution in [1.82, 2.24) is 19.9 Å². The number of carbonyl (C=O) groups excluding carboxylic acids is 2. The zero-order valence-corrected chi connectivity index (χ0v) is 24.0. The number of likely N-dealkylation sites (N-methyl/N-ethyl adjacent to an activating group) is 1. The van der Waals surface area contributed by atoms with Crippen molar-refractivity contribution in [2.24, 2.45) is 0 Å². The standard InChI is InChI=1S/C33H36N4O4/c1-24-29(25(2)41-35-24)17-18-32(38)37(23-27-13-15-28(16-14-27)30-12-8-9-19-34-30)31(22-26-10-6-5-7-11-26)33(39)36(3)20-21-40-4/h5-19,31H,20-23H2,1-4H3/b18-17+/t31-/m0/s1. The molecule has 0 spiro atoms. The summed E-state index contributed by atoms with van der Waals surface area (Å²) in [6.07, 6.45) is 5.33. The molecule has 8 heteroatoms. The van der Waals surface area contributed by atoms with Gasteiger partial charge in [0.05, 0.1) is 18.0 Å². The van der Waals surface area contributed by atoms with Crippen molar-refractivity contribution in [3.63, 3.8) is 0 Å². The summed E-state index contributed by atoms with van der Waals surface area (Å²) in [5.41, 5.74) is 5.15. The van der Waals surface area contributed by atoms with Gasteiger partial charge in [-0.2, -0.15) is 0 Å². The highest BCUT2D eigenvalue weighted by molar-refractivity contribution is 5.96.